The van der Waals surface area contributed by atoms with Crippen LogP contribution in [0.5, 0.6) is 0 Å². The number of aryl methyl sites for hydroxylation is 3. The first kappa shape index (κ1) is 16.2. The van der Waals surface area contributed by atoms with Crippen molar-refractivity contribution in [2.24, 2.45) is 0 Å². The fraction of sp³-hybridized carbons (Fsp3) is 0.600. The second-order valence-electron chi connectivity index (χ2n) is 6.08. The summed E-state index contributed by atoms with van der Waals surface area (Å²) in [6.45, 7) is 9.24. The van der Waals surface area contributed by atoms with Gasteiger partial charge < -0.3 is 9.09 Å². The number of imidazole rings is 1. The minimum Gasteiger partial charge on any atom is -0.360 e. The third-order valence-electron chi connectivity index (χ3n) is 4.31. The average molecular weight is 338 g/mol. The predicted molar refractivity (Wildman–Crippen MR) is 84.7 cm³/mol. The second kappa shape index (κ2) is 5.76. The van der Waals surface area contributed by atoms with Crippen molar-refractivity contribution in [2.75, 3.05) is 13.1 Å². The molecule has 0 saturated carbocycles. The summed E-state index contributed by atoms with van der Waals surface area (Å²) in [6.07, 6.45) is 2.88. The maximum atomic E-state index is 12.7. The van der Waals surface area contributed by atoms with E-state index in [9.17, 15) is 8.42 Å². The molecule has 0 radical (unpaired) electrons. The SMILES string of the molecule is CCCn1c(C)cnc1C1CN(S(=O)(=O)c2c(C)noc2C)C1. The molecule has 23 heavy (non-hydrogen) atoms. The summed E-state index contributed by atoms with van der Waals surface area (Å²) in [5.41, 5.74) is 1.53. The lowest BCUT2D eigenvalue weighted by Gasteiger charge is -2.37. The Labute approximate surface area is 136 Å². The third-order valence-corrected chi connectivity index (χ3v) is 6.39. The van der Waals surface area contributed by atoms with Gasteiger partial charge in [-0.3, -0.25) is 0 Å². The molecule has 1 saturated heterocycles. The highest BCUT2D eigenvalue weighted by atomic mass is 32.2. The Balaban J connectivity index is 1.79. The van der Waals surface area contributed by atoms with Gasteiger partial charge >= 0.3 is 0 Å². The molecule has 1 aliphatic heterocycles. The van der Waals surface area contributed by atoms with Crippen LogP contribution in [0.2, 0.25) is 0 Å². The number of aromatic nitrogens is 3. The summed E-state index contributed by atoms with van der Waals surface area (Å²) in [7, 11) is -3.54. The Morgan fingerprint density at radius 1 is 1.30 bits per heavy atom. The zero-order valence-corrected chi connectivity index (χ0v) is 14.7. The van der Waals surface area contributed by atoms with Crippen molar-refractivity contribution in [3.63, 3.8) is 0 Å². The topological polar surface area (TPSA) is 81.2 Å². The highest BCUT2D eigenvalue weighted by Gasteiger charge is 2.41. The van der Waals surface area contributed by atoms with Crippen LogP contribution in [-0.4, -0.2) is 40.5 Å². The van der Waals surface area contributed by atoms with Crippen LogP contribution in [-0.2, 0) is 16.6 Å². The fourth-order valence-corrected chi connectivity index (χ4v) is 4.91. The van der Waals surface area contributed by atoms with E-state index in [-0.39, 0.29) is 10.8 Å². The van der Waals surface area contributed by atoms with Gasteiger partial charge in [0.1, 0.15) is 16.4 Å². The molecule has 126 valence electrons. The first-order chi connectivity index (χ1) is 10.9. The standard InChI is InChI=1S/C15H22N4O3S/c1-5-6-19-10(2)7-16-15(19)13-8-18(9-13)23(20,21)14-11(3)17-22-12(14)4/h7,13H,5-6,8-9H2,1-4H3. The van der Waals surface area contributed by atoms with Crippen LogP contribution in [0.15, 0.2) is 15.6 Å². The first-order valence-electron chi connectivity index (χ1n) is 7.81. The molecule has 3 heterocycles. The normalized spacial score (nSPS) is 16.7. The molecule has 8 heteroatoms. The van der Waals surface area contributed by atoms with Crippen LogP contribution < -0.4 is 0 Å². The van der Waals surface area contributed by atoms with Crippen molar-refractivity contribution < 1.29 is 12.9 Å². The molecule has 0 spiro atoms. The van der Waals surface area contributed by atoms with Gasteiger partial charge in [-0.25, -0.2) is 13.4 Å². The molecule has 0 atom stereocenters. The molecule has 0 unspecified atom stereocenters. The smallest absolute Gasteiger partial charge is 0.248 e. The van der Waals surface area contributed by atoms with E-state index in [2.05, 4.69) is 21.6 Å². The third kappa shape index (κ3) is 2.59. The molecular formula is C15H22N4O3S. The van der Waals surface area contributed by atoms with E-state index in [0.717, 1.165) is 24.5 Å². The number of hydrogen-bond donors (Lipinski definition) is 0. The Bertz CT molecular complexity index is 796. The Hall–Kier alpha value is -1.67. The second-order valence-corrected chi connectivity index (χ2v) is 7.96. The average Bonchev–Trinajstić information content (AvgIpc) is 2.94. The predicted octanol–water partition coefficient (Wildman–Crippen LogP) is 1.99. The van der Waals surface area contributed by atoms with Crippen LogP contribution in [0.4, 0.5) is 0 Å². The maximum Gasteiger partial charge on any atom is 0.248 e. The van der Waals surface area contributed by atoms with Crippen molar-refractivity contribution in [1.29, 1.82) is 0 Å². The number of hydrogen-bond acceptors (Lipinski definition) is 5. The van der Waals surface area contributed by atoms with Gasteiger partial charge in [0.05, 0.1) is 0 Å². The monoisotopic (exact) mass is 338 g/mol. The molecule has 1 aliphatic rings. The lowest BCUT2D eigenvalue weighted by molar-refractivity contribution is 0.250. The van der Waals surface area contributed by atoms with Crippen LogP contribution >= 0.6 is 0 Å². The van der Waals surface area contributed by atoms with Gasteiger partial charge in [0.2, 0.25) is 10.0 Å². The summed E-state index contributed by atoms with van der Waals surface area (Å²) in [5.74, 6) is 1.47. The van der Waals surface area contributed by atoms with E-state index < -0.39 is 10.0 Å². The zero-order chi connectivity index (χ0) is 16.8. The highest BCUT2D eigenvalue weighted by Crippen LogP contribution is 2.33. The molecule has 2 aromatic heterocycles. The summed E-state index contributed by atoms with van der Waals surface area (Å²) >= 11 is 0. The minimum absolute atomic E-state index is 0.144. The number of nitrogens with zero attached hydrogens (tertiary/aromatic N) is 4. The molecular weight excluding hydrogens is 316 g/mol. The summed E-state index contributed by atoms with van der Waals surface area (Å²) in [6, 6.07) is 0. The molecule has 0 bridgehead atoms. The van der Waals surface area contributed by atoms with Crippen molar-refractivity contribution in [1.82, 2.24) is 19.0 Å². The van der Waals surface area contributed by atoms with E-state index in [4.69, 9.17) is 4.52 Å². The fourth-order valence-electron chi connectivity index (χ4n) is 3.09. The van der Waals surface area contributed by atoms with E-state index in [1.165, 1.54) is 4.31 Å². The van der Waals surface area contributed by atoms with Crippen molar-refractivity contribution >= 4 is 10.0 Å². The summed E-state index contributed by atoms with van der Waals surface area (Å²) in [4.78, 5) is 4.68. The van der Waals surface area contributed by atoms with Crippen LogP contribution in [0.1, 0.15) is 42.2 Å². The van der Waals surface area contributed by atoms with Gasteiger partial charge in [0.25, 0.3) is 0 Å². The molecule has 0 aromatic carbocycles. The lowest BCUT2D eigenvalue weighted by Crippen LogP contribution is -2.49. The van der Waals surface area contributed by atoms with Gasteiger partial charge in [0.15, 0.2) is 5.76 Å². The van der Waals surface area contributed by atoms with Gasteiger partial charge in [-0.15, -0.1) is 0 Å². The van der Waals surface area contributed by atoms with Crippen LogP contribution in [0, 0.1) is 20.8 Å². The molecule has 3 rings (SSSR count). The summed E-state index contributed by atoms with van der Waals surface area (Å²) in [5, 5.41) is 3.74. The Kier molecular flexibility index (Phi) is 4.05. The largest absolute Gasteiger partial charge is 0.360 e. The Morgan fingerprint density at radius 3 is 2.57 bits per heavy atom. The van der Waals surface area contributed by atoms with E-state index in [0.29, 0.717) is 24.5 Å². The lowest BCUT2D eigenvalue weighted by atomic mass is 10.0. The molecule has 7 nitrogen and oxygen atoms in total. The first-order valence-corrected chi connectivity index (χ1v) is 9.25. The molecule has 0 amide bonds. The number of rotatable bonds is 5. The Morgan fingerprint density at radius 2 is 2.00 bits per heavy atom. The van der Waals surface area contributed by atoms with Crippen LogP contribution in [0.25, 0.3) is 0 Å². The van der Waals surface area contributed by atoms with Crippen molar-refractivity contribution in [3.05, 3.63) is 29.2 Å². The molecule has 2 aromatic rings. The summed E-state index contributed by atoms with van der Waals surface area (Å²) < 4.78 is 34.1. The van der Waals surface area contributed by atoms with Gasteiger partial charge in [-0.05, 0) is 27.2 Å². The number of sulfonamides is 1. The van der Waals surface area contributed by atoms with Gasteiger partial charge in [-0.1, -0.05) is 12.1 Å². The molecule has 0 N–H and O–H groups in total. The van der Waals surface area contributed by atoms with E-state index in [1.807, 2.05) is 13.1 Å². The van der Waals surface area contributed by atoms with Crippen LogP contribution in [0.3, 0.4) is 0 Å². The molecule has 0 aliphatic carbocycles. The van der Waals surface area contributed by atoms with E-state index in [1.54, 1.807) is 13.8 Å². The van der Waals surface area contributed by atoms with Gasteiger partial charge in [-0.2, -0.15) is 4.31 Å². The minimum atomic E-state index is -3.54. The molecule has 1 fully saturated rings. The quantitative estimate of drug-likeness (QED) is 0.833. The maximum absolute atomic E-state index is 12.7. The van der Waals surface area contributed by atoms with Crippen molar-refractivity contribution in [3.8, 4) is 0 Å². The van der Waals surface area contributed by atoms with Crippen molar-refractivity contribution in [2.45, 2.75) is 51.5 Å². The highest BCUT2D eigenvalue weighted by molar-refractivity contribution is 7.89. The van der Waals surface area contributed by atoms with E-state index >= 15 is 0 Å². The van der Waals surface area contributed by atoms with Gasteiger partial charge in [0, 0.05) is 37.4 Å². The zero-order valence-electron chi connectivity index (χ0n) is 13.9.